The quantitative estimate of drug-likeness (QED) is 0.728. The van der Waals surface area contributed by atoms with Crippen LogP contribution in [0.15, 0.2) is 22.7 Å². The summed E-state index contributed by atoms with van der Waals surface area (Å²) >= 11 is 0. The topological polar surface area (TPSA) is 99.0 Å². The molecule has 0 aliphatic carbocycles. The van der Waals surface area contributed by atoms with E-state index in [2.05, 4.69) is 27.3 Å². The molecule has 0 bridgehead atoms. The molecule has 0 saturated carbocycles. The van der Waals surface area contributed by atoms with Crippen molar-refractivity contribution in [3.05, 3.63) is 35.5 Å². The van der Waals surface area contributed by atoms with Crippen LogP contribution in [0, 0.1) is 0 Å². The van der Waals surface area contributed by atoms with Crippen molar-refractivity contribution in [1.82, 2.24) is 20.4 Å². The van der Waals surface area contributed by atoms with Crippen LogP contribution in [0.5, 0.6) is 11.5 Å². The zero-order chi connectivity index (χ0) is 21.9. The maximum atomic E-state index is 12.1. The zero-order valence-corrected chi connectivity index (χ0v) is 18.4. The number of rotatable bonds is 7. The predicted molar refractivity (Wildman–Crippen MR) is 109 cm³/mol. The maximum Gasteiger partial charge on any atom is 0.408 e. The standard InChI is InChI=1S/C21H30N4O5/c1-7-25(11-14-8-9-15-16(10-14)28-13-27-15)12-17-22-18(24-30-17)21(5,6)23-19(26)29-20(2,3)4/h8-10H,7,11-13H2,1-6H3,(H,23,26). The minimum atomic E-state index is -0.835. The van der Waals surface area contributed by atoms with Gasteiger partial charge >= 0.3 is 6.09 Å². The molecule has 1 amide bonds. The van der Waals surface area contributed by atoms with Crippen molar-refractivity contribution in [2.75, 3.05) is 13.3 Å². The molecular formula is C21H30N4O5. The molecule has 1 aromatic carbocycles. The van der Waals surface area contributed by atoms with Gasteiger partial charge in [0.2, 0.25) is 12.7 Å². The Hall–Kier alpha value is -2.81. The molecule has 0 radical (unpaired) electrons. The van der Waals surface area contributed by atoms with Crippen molar-refractivity contribution >= 4 is 6.09 Å². The van der Waals surface area contributed by atoms with Crippen molar-refractivity contribution in [3.63, 3.8) is 0 Å². The van der Waals surface area contributed by atoms with E-state index in [1.807, 2.05) is 39.0 Å². The molecule has 1 aliphatic rings. The first-order valence-electron chi connectivity index (χ1n) is 10.0. The molecule has 3 rings (SSSR count). The Bertz CT molecular complexity index is 888. The van der Waals surface area contributed by atoms with Crippen LogP contribution in [0.1, 0.15) is 58.8 Å². The smallest absolute Gasteiger partial charge is 0.408 e. The van der Waals surface area contributed by atoms with Crippen molar-refractivity contribution in [2.45, 2.75) is 65.8 Å². The van der Waals surface area contributed by atoms with Crippen LogP contribution in [-0.4, -0.2) is 40.1 Å². The Balaban J connectivity index is 1.62. The number of fused-ring (bicyclic) bond motifs is 1. The fourth-order valence-corrected chi connectivity index (χ4v) is 2.96. The molecule has 0 saturated heterocycles. The van der Waals surface area contributed by atoms with Crippen molar-refractivity contribution in [1.29, 1.82) is 0 Å². The molecule has 30 heavy (non-hydrogen) atoms. The Morgan fingerprint density at radius 1 is 1.17 bits per heavy atom. The van der Waals surface area contributed by atoms with Gasteiger partial charge in [0.25, 0.3) is 0 Å². The number of aromatic nitrogens is 2. The Morgan fingerprint density at radius 3 is 2.60 bits per heavy atom. The fourth-order valence-electron chi connectivity index (χ4n) is 2.96. The van der Waals surface area contributed by atoms with Crippen molar-refractivity contribution < 1.29 is 23.5 Å². The lowest BCUT2D eigenvalue weighted by Gasteiger charge is -2.26. The normalized spacial score (nSPS) is 13.6. The van der Waals surface area contributed by atoms with E-state index in [1.54, 1.807) is 13.8 Å². The molecule has 1 N–H and O–H groups in total. The summed E-state index contributed by atoms with van der Waals surface area (Å²) in [5.74, 6) is 2.40. The number of nitrogens with zero attached hydrogens (tertiary/aromatic N) is 3. The van der Waals surface area contributed by atoms with Gasteiger partial charge in [-0.1, -0.05) is 18.1 Å². The molecule has 0 fully saturated rings. The lowest BCUT2D eigenvalue weighted by molar-refractivity contribution is 0.0465. The molecule has 0 unspecified atom stereocenters. The van der Waals surface area contributed by atoms with Gasteiger partial charge in [0.05, 0.1) is 6.54 Å². The summed E-state index contributed by atoms with van der Waals surface area (Å²) < 4.78 is 21.6. The summed E-state index contributed by atoms with van der Waals surface area (Å²) in [6.07, 6.45) is -0.531. The number of alkyl carbamates (subject to hydrolysis) is 1. The van der Waals surface area contributed by atoms with E-state index in [0.29, 0.717) is 24.8 Å². The highest BCUT2D eigenvalue weighted by Crippen LogP contribution is 2.33. The molecule has 0 atom stereocenters. The first kappa shape index (κ1) is 21.9. The summed E-state index contributed by atoms with van der Waals surface area (Å²) in [4.78, 5) is 18.8. The third-order valence-corrected chi connectivity index (χ3v) is 4.49. The van der Waals surface area contributed by atoms with Crippen LogP contribution in [0.2, 0.25) is 0 Å². The van der Waals surface area contributed by atoms with E-state index in [0.717, 1.165) is 23.6 Å². The number of hydrogen-bond donors (Lipinski definition) is 1. The Morgan fingerprint density at radius 2 is 1.90 bits per heavy atom. The highest BCUT2D eigenvalue weighted by molar-refractivity contribution is 5.68. The summed E-state index contributed by atoms with van der Waals surface area (Å²) in [7, 11) is 0. The summed E-state index contributed by atoms with van der Waals surface area (Å²) in [6, 6.07) is 5.92. The minimum Gasteiger partial charge on any atom is -0.454 e. The zero-order valence-electron chi connectivity index (χ0n) is 18.4. The highest BCUT2D eigenvalue weighted by Gasteiger charge is 2.31. The Labute approximate surface area is 176 Å². The number of hydrogen-bond acceptors (Lipinski definition) is 8. The molecule has 2 aromatic rings. The van der Waals surface area contributed by atoms with Crippen LogP contribution in [0.4, 0.5) is 4.79 Å². The van der Waals surface area contributed by atoms with Crippen LogP contribution in [-0.2, 0) is 23.4 Å². The highest BCUT2D eigenvalue weighted by atomic mass is 16.7. The van der Waals surface area contributed by atoms with Gasteiger partial charge in [-0.2, -0.15) is 4.98 Å². The second-order valence-corrected chi connectivity index (χ2v) is 8.75. The van der Waals surface area contributed by atoms with Gasteiger partial charge in [-0.25, -0.2) is 4.79 Å². The van der Waals surface area contributed by atoms with Gasteiger partial charge in [0, 0.05) is 6.54 Å². The molecule has 0 spiro atoms. The van der Waals surface area contributed by atoms with Gasteiger partial charge in [-0.05, 0) is 58.9 Å². The van der Waals surface area contributed by atoms with Gasteiger partial charge < -0.3 is 24.1 Å². The number of carbonyl (C=O) groups is 1. The lowest BCUT2D eigenvalue weighted by Crippen LogP contribution is -2.44. The second-order valence-electron chi connectivity index (χ2n) is 8.75. The van der Waals surface area contributed by atoms with Crippen molar-refractivity contribution in [2.24, 2.45) is 0 Å². The van der Waals surface area contributed by atoms with Crippen LogP contribution < -0.4 is 14.8 Å². The van der Waals surface area contributed by atoms with Crippen molar-refractivity contribution in [3.8, 4) is 11.5 Å². The third-order valence-electron chi connectivity index (χ3n) is 4.49. The summed E-state index contributed by atoms with van der Waals surface area (Å²) in [5, 5.41) is 6.85. The molecular weight excluding hydrogens is 388 g/mol. The van der Waals surface area contributed by atoms with Gasteiger partial charge in [-0.15, -0.1) is 0 Å². The van der Waals surface area contributed by atoms with E-state index < -0.39 is 17.2 Å². The van der Waals surface area contributed by atoms with E-state index in [9.17, 15) is 4.79 Å². The number of ether oxygens (including phenoxy) is 3. The van der Waals surface area contributed by atoms with E-state index in [4.69, 9.17) is 18.7 Å². The van der Waals surface area contributed by atoms with Gasteiger partial charge in [0.15, 0.2) is 17.3 Å². The largest absolute Gasteiger partial charge is 0.454 e. The maximum absolute atomic E-state index is 12.1. The monoisotopic (exact) mass is 418 g/mol. The molecule has 1 aliphatic heterocycles. The third kappa shape index (κ3) is 5.63. The number of carbonyl (C=O) groups excluding carboxylic acids is 1. The lowest BCUT2D eigenvalue weighted by atomic mass is 10.1. The van der Waals surface area contributed by atoms with Crippen LogP contribution in [0.3, 0.4) is 0 Å². The molecule has 9 heteroatoms. The van der Waals surface area contributed by atoms with E-state index in [-0.39, 0.29) is 6.79 Å². The summed E-state index contributed by atoms with van der Waals surface area (Å²) in [6.45, 7) is 13.3. The first-order valence-corrected chi connectivity index (χ1v) is 10.0. The average molecular weight is 418 g/mol. The molecule has 1 aromatic heterocycles. The molecule has 164 valence electrons. The van der Waals surface area contributed by atoms with Gasteiger partial charge in [0.1, 0.15) is 11.1 Å². The van der Waals surface area contributed by atoms with Gasteiger partial charge in [-0.3, -0.25) is 4.90 Å². The molecule has 9 nitrogen and oxygen atoms in total. The minimum absolute atomic E-state index is 0.258. The van der Waals surface area contributed by atoms with E-state index >= 15 is 0 Å². The molecule has 2 heterocycles. The van der Waals surface area contributed by atoms with E-state index in [1.165, 1.54) is 0 Å². The first-order chi connectivity index (χ1) is 14.1. The second kappa shape index (κ2) is 8.51. The summed E-state index contributed by atoms with van der Waals surface area (Å²) in [5.41, 5.74) is -0.315. The van der Waals surface area contributed by atoms with Crippen LogP contribution in [0.25, 0.3) is 0 Å². The number of nitrogens with one attached hydrogen (secondary N) is 1. The Kier molecular flexibility index (Phi) is 6.21. The average Bonchev–Trinajstić information content (AvgIpc) is 3.28. The SMILES string of the molecule is CCN(Cc1ccc2c(c1)OCO2)Cc1nc(C(C)(C)NC(=O)OC(C)(C)C)no1. The fraction of sp³-hybridized carbons (Fsp3) is 0.571. The number of benzene rings is 1. The van der Waals surface area contributed by atoms with Crippen LogP contribution >= 0.6 is 0 Å². The predicted octanol–water partition coefficient (Wildman–Crippen LogP) is 3.58. The number of amides is 1.